The molecule has 1 aromatic heterocycles. The van der Waals surface area contributed by atoms with Crippen LogP contribution in [-0.2, 0) is 9.53 Å². The van der Waals surface area contributed by atoms with Gasteiger partial charge in [-0.1, -0.05) is 25.4 Å². The molecule has 1 aromatic carbocycles. The Bertz CT molecular complexity index is 720. The lowest BCUT2D eigenvalue weighted by atomic mass is 9.93. The lowest BCUT2D eigenvalue weighted by Crippen LogP contribution is -2.48. The fourth-order valence-corrected chi connectivity index (χ4v) is 3.65. The van der Waals surface area contributed by atoms with Gasteiger partial charge in [0, 0.05) is 10.9 Å². The number of likely N-dealkylation sites (tertiary alicyclic amines) is 1. The van der Waals surface area contributed by atoms with Gasteiger partial charge in [-0.15, -0.1) is 0 Å². The topological polar surface area (TPSA) is 55.6 Å². The van der Waals surface area contributed by atoms with Crippen molar-refractivity contribution in [3.05, 3.63) is 29.1 Å². The van der Waals surface area contributed by atoms with Crippen LogP contribution in [0.25, 0.3) is 11.1 Å². The van der Waals surface area contributed by atoms with Gasteiger partial charge in [0.25, 0.3) is 0 Å². The van der Waals surface area contributed by atoms with E-state index in [2.05, 4.69) is 23.7 Å². The molecule has 5 nitrogen and oxygen atoms in total. The smallest absolute Gasteiger partial charge is 0.323 e. The zero-order chi connectivity index (χ0) is 17.3. The number of carbonyl (C=O) groups excluding carboxylic acids is 1. The molecule has 0 bridgehead atoms. The Morgan fingerprint density at radius 1 is 1.38 bits per heavy atom. The van der Waals surface area contributed by atoms with Gasteiger partial charge in [0.05, 0.1) is 7.11 Å². The molecular weight excluding hydrogens is 328 g/mol. The van der Waals surface area contributed by atoms with E-state index in [-0.39, 0.29) is 23.8 Å². The zero-order valence-corrected chi connectivity index (χ0v) is 15.0. The highest BCUT2D eigenvalue weighted by molar-refractivity contribution is 6.31. The maximum atomic E-state index is 12.0. The van der Waals surface area contributed by atoms with E-state index in [0.717, 1.165) is 42.9 Å². The highest BCUT2D eigenvalue weighted by atomic mass is 35.5. The van der Waals surface area contributed by atoms with Gasteiger partial charge in [0.2, 0.25) is 0 Å². The van der Waals surface area contributed by atoms with Crippen molar-refractivity contribution in [2.45, 2.75) is 38.6 Å². The van der Waals surface area contributed by atoms with E-state index in [1.807, 2.05) is 18.2 Å². The van der Waals surface area contributed by atoms with Crippen molar-refractivity contribution in [2.24, 2.45) is 5.92 Å². The number of hydrogen-bond acceptors (Lipinski definition) is 5. The predicted octanol–water partition coefficient (Wildman–Crippen LogP) is 3.86. The average molecular weight is 351 g/mol. The predicted molar refractivity (Wildman–Crippen MR) is 93.2 cm³/mol. The normalized spacial score (nSPS) is 18.2. The minimum Gasteiger partial charge on any atom is -0.468 e. The van der Waals surface area contributed by atoms with Crippen LogP contribution in [0, 0.1) is 5.92 Å². The van der Waals surface area contributed by atoms with E-state index < -0.39 is 0 Å². The van der Waals surface area contributed by atoms with Crippen LogP contribution < -0.4 is 0 Å². The minimum atomic E-state index is -0.182. The van der Waals surface area contributed by atoms with Crippen molar-refractivity contribution in [3.63, 3.8) is 0 Å². The first-order chi connectivity index (χ1) is 11.5. The number of halogens is 1. The molecule has 2 heterocycles. The third-order valence-corrected chi connectivity index (χ3v) is 4.95. The summed E-state index contributed by atoms with van der Waals surface area (Å²) in [6, 6.07) is 5.31. The van der Waals surface area contributed by atoms with Gasteiger partial charge in [-0.25, -0.2) is 4.98 Å². The van der Waals surface area contributed by atoms with E-state index in [9.17, 15) is 4.79 Å². The number of esters is 1. The number of ether oxygens (including phenoxy) is 1. The molecule has 1 aliphatic rings. The van der Waals surface area contributed by atoms with E-state index in [0.29, 0.717) is 5.02 Å². The van der Waals surface area contributed by atoms with Crippen LogP contribution in [0.2, 0.25) is 5.02 Å². The highest BCUT2D eigenvalue weighted by Gasteiger charge is 2.34. The standard InChI is InChI=1S/C18H23ClN2O3/c1-11(2)16(18(22)23-3)21-8-6-12(7-9-21)17-20-14-10-13(19)4-5-15(14)24-17/h4-5,10-12,16H,6-9H2,1-3H3/t16-/m0/s1. The summed E-state index contributed by atoms with van der Waals surface area (Å²) in [6.07, 6.45) is 1.83. The van der Waals surface area contributed by atoms with Crippen molar-refractivity contribution in [1.29, 1.82) is 0 Å². The van der Waals surface area contributed by atoms with Crippen LogP contribution in [0.5, 0.6) is 0 Å². The Kier molecular flexibility index (Phi) is 5.11. The van der Waals surface area contributed by atoms with Gasteiger partial charge in [-0.3, -0.25) is 9.69 Å². The van der Waals surface area contributed by atoms with Crippen LogP contribution in [0.1, 0.15) is 38.5 Å². The maximum absolute atomic E-state index is 12.0. The van der Waals surface area contributed by atoms with Gasteiger partial charge in [-0.2, -0.15) is 0 Å². The number of piperidine rings is 1. The molecule has 1 fully saturated rings. The van der Waals surface area contributed by atoms with Crippen LogP contribution in [-0.4, -0.2) is 42.1 Å². The second kappa shape index (κ2) is 7.11. The molecule has 0 saturated carbocycles. The summed E-state index contributed by atoms with van der Waals surface area (Å²) in [5.41, 5.74) is 1.57. The van der Waals surface area contributed by atoms with Gasteiger partial charge >= 0.3 is 5.97 Å². The first-order valence-corrected chi connectivity index (χ1v) is 8.75. The molecule has 3 rings (SSSR count). The largest absolute Gasteiger partial charge is 0.468 e. The summed E-state index contributed by atoms with van der Waals surface area (Å²) < 4.78 is 10.9. The van der Waals surface area contributed by atoms with Crippen LogP contribution in [0.3, 0.4) is 0 Å². The van der Waals surface area contributed by atoms with Crippen molar-refractivity contribution in [2.75, 3.05) is 20.2 Å². The number of rotatable bonds is 4. The average Bonchev–Trinajstić information content (AvgIpc) is 2.98. The SMILES string of the molecule is COC(=O)[C@H](C(C)C)N1CCC(c2nc3cc(Cl)ccc3o2)CC1. The number of nitrogens with zero attached hydrogens (tertiary/aromatic N) is 2. The Balaban J connectivity index is 1.70. The van der Waals surface area contributed by atoms with Gasteiger partial charge in [0.15, 0.2) is 11.5 Å². The molecule has 0 unspecified atom stereocenters. The molecule has 1 aliphatic heterocycles. The van der Waals surface area contributed by atoms with E-state index in [4.69, 9.17) is 20.8 Å². The second-order valence-electron chi connectivity index (χ2n) is 6.69. The summed E-state index contributed by atoms with van der Waals surface area (Å²) in [6.45, 7) is 5.78. The quantitative estimate of drug-likeness (QED) is 0.784. The number of carbonyl (C=O) groups is 1. The van der Waals surface area contributed by atoms with E-state index in [1.165, 1.54) is 7.11 Å². The van der Waals surface area contributed by atoms with Crippen LogP contribution in [0.15, 0.2) is 22.6 Å². The summed E-state index contributed by atoms with van der Waals surface area (Å²) in [4.78, 5) is 18.9. The number of oxazole rings is 1. The second-order valence-corrected chi connectivity index (χ2v) is 7.12. The summed E-state index contributed by atoms with van der Waals surface area (Å²) in [5.74, 6) is 1.12. The van der Waals surface area contributed by atoms with E-state index in [1.54, 1.807) is 0 Å². The molecule has 1 saturated heterocycles. The lowest BCUT2D eigenvalue weighted by molar-refractivity contribution is -0.149. The Hall–Kier alpha value is -1.59. The summed E-state index contributed by atoms with van der Waals surface area (Å²) in [5, 5.41) is 0.662. The number of hydrogen-bond donors (Lipinski definition) is 0. The monoisotopic (exact) mass is 350 g/mol. The first-order valence-electron chi connectivity index (χ1n) is 8.37. The first kappa shape index (κ1) is 17.2. The lowest BCUT2D eigenvalue weighted by Gasteiger charge is -2.37. The Morgan fingerprint density at radius 3 is 2.71 bits per heavy atom. The molecule has 0 amide bonds. The van der Waals surface area contributed by atoms with Gasteiger partial charge < -0.3 is 9.15 Å². The molecule has 130 valence electrons. The van der Waals surface area contributed by atoms with Crippen molar-refractivity contribution >= 4 is 28.7 Å². The molecule has 0 radical (unpaired) electrons. The van der Waals surface area contributed by atoms with Gasteiger partial charge in [-0.05, 0) is 50.0 Å². The number of benzene rings is 1. The summed E-state index contributed by atoms with van der Waals surface area (Å²) >= 11 is 6.01. The fourth-order valence-electron chi connectivity index (χ4n) is 3.48. The third-order valence-electron chi connectivity index (χ3n) is 4.71. The number of aromatic nitrogens is 1. The maximum Gasteiger partial charge on any atom is 0.323 e. The molecule has 0 spiro atoms. The molecule has 0 aliphatic carbocycles. The summed E-state index contributed by atoms with van der Waals surface area (Å²) in [7, 11) is 1.45. The molecule has 24 heavy (non-hydrogen) atoms. The van der Waals surface area contributed by atoms with E-state index >= 15 is 0 Å². The number of fused-ring (bicyclic) bond motifs is 1. The zero-order valence-electron chi connectivity index (χ0n) is 14.3. The molecule has 6 heteroatoms. The molecule has 0 N–H and O–H groups in total. The minimum absolute atomic E-state index is 0.153. The number of methoxy groups -OCH3 is 1. The van der Waals surface area contributed by atoms with Crippen LogP contribution in [0.4, 0.5) is 0 Å². The Labute approximate surface area is 146 Å². The molecular formula is C18H23ClN2O3. The molecule has 2 aromatic rings. The van der Waals surface area contributed by atoms with Crippen molar-refractivity contribution < 1.29 is 13.9 Å². The fraction of sp³-hybridized carbons (Fsp3) is 0.556. The third kappa shape index (κ3) is 3.42. The molecule has 1 atom stereocenters. The van der Waals surface area contributed by atoms with Crippen molar-refractivity contribution in [1.82, 2.24) is 9.88 Å². The van der Waals surface area contributed by atoms with Crippen molar-refractivity contribution in [3.8, 4) is 0 Å². The van der Waals surface area contributed by atoms with Gasteiger partial charge in [0.1, 0.15) is 11.6 Å². The highest BCUT2D eigenvalue weighted by Crippen LogP contribution is 2.32. The Morgan fingerprint density at radius 2 is 2.08 bits per heavy atom. The van der Waals surface area contributed by atoms with Crippen LogP contribution >= 0.6 is 11.6 Å².